The predicted octanol–water partition coefficient (Wildman–Crippen LogP) is 3.27. The Morgan fingerprint density at radius 1 is 1.56 bits per heavy atom. The summed E-state index contributed by atoms with van der Waals surface area (Å²) >= 11 is 12.2. The molecule has 0 saturated carbocycles. The van der Waals surface area contributed by atoms with E-state index >= 15 is 0 Å². The zero-order valence-corrected chi connectivity index (χ0v) is 11.9. The number of amides is 1. The Bertz CT molecular complexity index is 557. The van der Waals surface area contributed by atoms with Gasteiger partial charge in [0.15, 0.2) is 0 Å². The average Bonchev–Trinajstić information content (AvgIpc) is 2.59. The van der Waals surface area contributed by atoms with Crippen LogP contribution < -0.4 is 0 Å². The second-order valence-corrected chi connectivity index (χ2v) is 5.72. The summed E-state index contributed by atoms with van der Waals surface area (Å²) in [7, 11) is 0. The lowest BCUT2D eigenvalue weighted by Crippen LogP contribution is -2.27. The maximum atomic E-state index is 12.0. The van der Waals surface area contributed by atoms with Crippen LogP contribution in [-0.2, 0) is 4.79 Å². The maximum Gasteiger partial charge on any atom is 0.266 e. The molecule has 0 unspecified atom stereocenters. The van der Waals surface area contributed by atoms with Crippen LogP contribution in [-0.4, -0.2) is 26.8 Å². The molecule has 18 heavy (non-hydrogen) atoms. The minimum Gasteiger partial charge on any atom is -0.506 e. The van der Waals surface area contributed by atoms with Gasteiger partial charge in [0.2, 0.25) is 0 Å². The molecule has 1 fully saturated rings. The minimum atomic E-state index is -0.0864. The van der Waals surface area contributed by atoms with Crippen LogP contribution in [0.25, 0.3) is 6.08 Å². The van der Waals surface area contributed by atoms with Crippen molar-refractivity contribution in [2.24, 2.45) is 0 Å². The fourth-order valence-electron chi connectivity index (χ4n) is 1.54. The van der Waals surface area contributed by atoms with Crippen molar-refractivity contribution in [3.63, 3.8) is 0 Å². The topological polar surface area (TPSA) is 40.5 Å². The lowest BCUT2D eigenvalue weighted by molar-refractivity contribution is -0.121. The van der Waals surface area contributed by atoms with E-state index in [1.54, 1.807) is 23.1 Å². The van der Waals surface area contributed by atoms with Crippen LogP contribution in [0.5, 0.6) is 5.75 Å². The predicted molar refractivity (Wildman–Crippen MR) is 78.7 cm³/mol. The van der Waals surface area contributed by atoms with Crippen molar-refractivity contribution in [3.05, 3.63) is 33.7 Å². The molecule has 1 aliphatic heterocycles. The molecule has 0 spiro atoms. The highest BCUT2D eigenvalue weighted by Crippen LogP contribution is 2.33. The van der Waals surface area contributed by atoms with Crippen molar-refractivity contribution in [2.75, 3.05) is 6.54 Å². The summed E-state index contributed by atoms with van der Waals surface area (Å²) in [6.45, 7) is 2.45. The molecule has 1 heterocycles. The number of likely N-dealkylation sites (N-methyl/N-ethyl adjacent to an activating group) is 1. The number of benzene rings is 1. The van der Waals surface area contributed by atoms with Crippen LogP contribution in [0.1, 0.15) is 12.5 Å². The SMILES string of the molecule is CCN1C(=O)/C(=C/c2ccc(O)c(Cl)c2)SC1=S. The number of rotatable bonds is 2. The van der Waals surface area contributed by atoms with Crippen molar-refractivity contribution < 1.29 is 9.90 Å². The lowest BCUT2D eigenvalue weighted by Gasteiger charge is -2.09. The Hall–Kier alpha value is -1.04. The van der Waals surface area contributed by atoms with E-state index in [9.17, 15) is 9.90 Å². The number of carbonyl (C=O) groups excluding carboxylic acids is 1. The molecule has 1 aliphatic rings. The van der Waals surface area contributed by atoms with Crippen molar-refractivity contribution >= 4 is 51.9 Å². The standard InChI is InChI=1S/C12H10ClNO2S2/c1-2-14-11(16)10(18-12(14)17)6-7-3-4-9(15)8(13)5-7/h3-6,15H,2H2,1H3/b10-6-. The number of aromatic hydroxyl groups is 1. The first-order valence-electron chi connectivity index (χ1n) is 5.27. The first-order chi connectivity index (χ1) is 8.52. The Morgan fingerprint density at radius 3 is 2.83 bits per heavy atom. The van der Waals surface area contributed by atoms with Gasteiger partial charge in [-0.2, -0.15) is 0 Å². The van der Waals surface area contributed by atoms with Crippen molar-refractivity contribution in [1.29, 1.82) is 0 Å². The van der Waals surface area contributed by atoms with E-state index in [2.05, 4.69) is 0 Å². The van der Waals surface area contributed by atoms with E-state index in [0.29, 0.717) is 15.8 Å². The molecule has 6 heteroatoms. The van der Waals surface area contributed by atoms with Gasteiger partial charge in [0, 0.05) is 6.54 Å². The van der Waals surface area contributed by atoms with E-state index in [4.69, 9.17) is 23.8 Å². The molecule has 0 radical (unpaired) electrons. The summed E-state index contributed by atoms with van der Waals surface area (Å²) in [6.07, 6.45) is 1.72. The molecular formula is C12H10ClNO2S2. The average molecular weight is 300 g/mol. The second kappa shape index (κ2) is 5.30. The van der Waals surface area contributed by atoms with Gasteiger partial charge in [0.25, 0.3) is 5.91 Å². The zero-order chi connectivity index (χ0) is 13.3. The smallest absolute Gasteiger partial charge is 0.266 e. The third-order valence-corrected chi connectivity index (χ3v) is 4.14. The summed E-state index contributed by atoms with van der Waals surface area (Å²) in [5, 5.41) is 9.58. The van der Waals surface area contributed by atoms with Crippen LogP contribution in [0.3, 0.4) is 0 Å². The quantitative estimate of drug-likeness (QED) is 0.672. The van der Waals surface area contributed by atoms with Gasteiger partial charge in [-0.1, -0.05) is 41.6 Å². The first-order valence-corrected chi connectivity index (χ1v) is 6.87. The van der Waals surface area contributed by atoms with Gasteiger partial charge in [0.05, 0.1) is 9.93 Å². The minimum absolute atomic E-state index is 0.0231. The second-order valence-electron chi connectivity index (χ2n) is 3.64. The van der Waals surface area contributed by atoms with Gasteiger partial charge in [-0.15, -0.1) is 0 Å². The summed E-state index contributed by atoms with van der Waals surface area (Å²) < 4.78 is 0.568. The van der Waals surface area contributed by atoms with E-state index in [-0.39, 0.29) is 16.7 Å². The normalized spacial score (nSPS) is 17.9. The number of hydrogen-bond acceptors (Lipinski definition) is 4. The number of thioether (sulfide) groups is 1. The first kappa shape index (κ1) is 13.4. The van der Waals surface area contributed by atoms with Crippen molar-refractivity contribution in [3.8, 4) is 5.75 Å². The maximum absolute atomic E-state index is 12.0. The van der Waals surface area contributed by atoms with Crippen molar-refractivity contribution in [1.82, 2.24) is 4.90 Å². The number of halogens is 1. The van der Waals surface area contributed by atoms with Crippen LogP contribution in [0.2, 0.25) is 5.02 Å². The van der Waals surface area contributed by atoms with Gasteiger partial charge in [-0.3, -0.25) is 9.69 Å². The molecule has 0 bridgehead atoms. The highest BCUT2D eigenvalue weighted by Gasteiger charge is 2.30. The fraction of sp³-hybridized carbons (Fsp3) is 0.167. The molecule has 94 valence electrons. The Balaban J connectivity index is 2.32. The molecule has 1 amide bonds. The zero-order valence-electron chi connectivity index (χ0n) is 9.51. The van der Waals surface area contributed by atoms with Gasteiger partial charge < -0.3 is 5.11 Å². The summed E-state index contributed by atoms with van der Waals surface area (Å²) in [6, 6.07) is 4.80. The van der Waals surface area contributed by atoms with Gasteiger partial charge >= 0.3 is 0 Å². The van der Waals surface area contributed by atoms with E-state index < -0.39 is 0 Å². The molecule has 1 aromatic carbocycles. The molecule has 0 aliphatic carbocycles. The van der Waals surface area contributed by atoms with Gasteiger partial charge in [-0.25, -0.2) is 0 Å². The molecular weight excluding hydrogens is 290 g/mol. The number of hydrogen-bond donors (Lipinski definition) is 1. The van der Waals surface area contributed by atoms with Crippen LogP contribution in [0.4, 0.5) is 0 Å². The van der Waals surface area contributed by atoms with Crippen LogP contribution in [0.15, 0.2) is 23.1 Å². The van der Waals surface area contributed by atoms with Crippen LogP contribution >= 0.6 is 35.6 Å². The fourth-order valence-corrected chi connectivity index (χ4v) is 3.11. The molecule has 3 nitrogen and oxygen atoms in total. The number of carbonyl (C=O) groups is 1. The van der Waals surface area contributed by atoms with E-state index in [1.165, 1.54) is 17.8 Å². The lowest BCUT2D eigenvalue weighted by atomic mass is 10.2. The molecule has 0 aromatic heterocycles. The highest BCUT2D eigenvalue weighted by atomic mass is 35.5. The monoisotopic (exact) mass is 299 g/mol. The largest absolute Gasteiger partial charge is 0.506 e. The van der Waals surface area contributed by atoms with E-state index in [0.717, 1.165) is 5.56 Å². The van der Waals surface area contributed by atoms with Gasteiger partial charge in [-0.05, 0) is 30.7 Å². The number of phenols is 1. The summed E-state index contributed by atoms with van der Waals surface area (Å²) in [5.41, 5.74) is 0.759. The number of phenolic OH excluding ortho intramolecular Hbond substituents is 1. The van der Waals surface area contributed by atoms with E-state index in [1.807, 2.05) is 6.92 Å². The summed E-state index contributed by atoms with van der Waals surface area (Å²) in [5.74, 6) is -0.0633. The molecule has 0 atom stereocenters. The van der Waals surface area contributed by atoms with Crippen LogP contribution in [0, 0.1) is 0 Å². The Morgan fingerprint density at radius 2 is 2.28 bits per heavy atom. The molecule has 2 rings (SSSR count). The Labute approximate surface area is 119 Å². The highest BCUT2D eigenvalue weighted by molar-refractivity contribution is 8.26. The molecule has 1 saturated heterocycles. The molecule has 1 N–H and O–H groups in total. The van der Waals surface area contributed by atoms with Crippen molar-refractivity contribution in [2.45, 2.75) is 6.92 Å². The summed E-state index contributed by atoms with van der Waals surface area (Å²) in [4.78, 5) is 14.1. The third kappa shape index (κ3) is 2.53. The Kier molecular flexibility index (Phi) is 3.94. The molecule has 1 aromatic rings. The van der Waals surface area contributed by atoms with Gasteiger partial charge in [0.1, 0.15) is 10.1 Å². The number of thiocarbonyl (C=S) groups is 1. The number of nitrogens with zero attached hydrogens (tertiary/aromatic N) is 1. The third-order valence-electron chi connectivity index (χ3n) is 2.46.